The van der Waals surface area contributed by atoms with Crippen LogP contribution in [0, 0.1) is 0 Å². The number of fused-ring (bicyclic) bond motifs is 1. The fraction of sp³-hybridized carbons (Fsp3) is 0.500. The van der Waals surface area contributed by atoms with Gasteiger partial charge in [0.1, 0.15) is 5.82 Å². The number of aromatic nitrogens is 2. The molecular formula is C18H25N5O2. The number of amides is 3. The lowest BCUT2D eigenvalue weighted by atomic mass is 10.2. The summed E-state index contributed by atoms with van der Waals surface area (Å²) in [4.78, 5) is 28.2. The van der Waals surface area contributed by atoms with E-state index >= 15 is 0 Å². The number of imide groups is 1. The van der Waals surface area contributed by atoms with Crippen LogP contribution in [0.2, 0.25) is 0 Å². The predicted molar refractivity (Wildman–Crippen MR) is 96.2 cm³/mol. The molecule has 1 aromatic carbocycles. The zero-order valence-corrected chi connectivity index (χ0v) is 14.9. The van der Waals surface area contributed by atoms with Crippen LogP contribution in [-0.2, 0) is 4.79 Å². The summed E-state index contributed by atoms with van der Waals surface area (Å²) in [6, 6.07) is 7.94. The molecule has 3 N–H and O–H groups in total. The Balaban J connectivity index is 1.63. The number of hydrogen-bond donors (Lipinski definition) is 3. The van der Waals surface area contributed by atoms with Crippen molar-refractivity contribution in [3.63, 3.8) is 0 Å². The van der Waals surface area contributed by atoms with Crippen molar-refractivity contribution in [1.82, 2.24) is 25.5 Å². The highest BCUT2D eigenvalue weighted by molar-refractivity contribution is 5.95. The van der Waals surface area contributed by atoms with Gasteiger partial charge in [-0.15, -0.1) is 0 Å². The van der Waals surface area contributed by atoms with E-state index in [9.17, 15) is 9.59 Å². The van der Waals surface area contributed by atoms with E-state index < -0.39 is 6.03 Å². The van der Waals surface area contributed by atoms with Crippen LogP contribution >= 0.6 is 0 Å². The normalized spacial score (nSPS) is 15.4. The topological polar surface area (TPSA) is 88.0 Å². The van der Waals surface area contributed by atoms with Crippen LogP contribution in [-0.4, -0.2) is 34.1 Å². The molecule has 1 atom stereocenters. The van der Waals surface area contributed by atoms with Crippen LogP contribution < -0.4 is 16.0 Å². The summed E-state index contributed by atoms with van der Waals surface area (Å²) < 4.78 is 2.17. The molecule has 1 saturated carbocycles. The zero-order chi connectivity index (χ0) is 18.0. The molecule has 1 aromatic heterocycles. The van der Waals surface area contributed by atoms with Crippen molar-refractivity contribution < 1.29 is 9.59 Å². The lowest BCUT2D eigenvalue weighted by Gasteiger charge is -2.18. The van der Waals surface area contributed by atoms with E-state index in [0.29, 0.717) is 0 Å². The second-order valence-corrected chi connectivity index (χ2v) is 6.82. The van der Waals surface area contributed by atoms with Crippen molar-refractivity contribution in [1.29, 1.82) is 0 Å². The van der Waals surface area contributed by atoms with E-state index in [1.807, 2.05) is 31.2 Å². The summed E-state index contributed by atoms with van der Waals surface area (Å²) in [6.07, 6.45) is 1.98. The first-order valence-electron chi connectivity index (χ1n) is 8.76. The number of benzene rings is 1. The minimum atomic E-state index is -0.420. The van der Waals surface area contributed by atoms with Crippen LogP contribution in [0.3, 0.4) is 0 Å². The van der Waals surface area contributed by atoms with Crippen LogP contribution in [0.15, 0.2) is 24.3 Å². The minimum absolute atomic E-state index is 0.0561. The average molecular weight is 343 g/mol. The first-order chi connectivity index (χ1) is 12.0. The van der Waals surface area contributed by atoms with Gasteiger partial charge in [-0.25, -0.2) is 9.78 Å². The number of nitrogens with zero attached hydrogens (tertiary/aromatic N) is 2. The summed E-state index contributed by atoms with van der Waals surface area (Å²) in [6.45, 7) is 6.25. The lowest BCUT2D eigenvalue weighted by Crippen LogP contribution is -2.44. The molecule has 134 valence electrons. The van der Waals surface area contributed by atoms with Gasteiger partial charge in [-0.05, 0) is 45.7 Å². The van der Waals surface area contributed by atoms with Crippen molar-refractivity contribution in [2.75, 3.05) is 6.54 Å². The van der Waals surface area contributed by atoms with Gasteiger partial charge in [0.05, 0.1) is 23.6 Å². The van der Waals surface area contributed by atoms with Crippen molar-refractivity contribution in [3.8, 4) is 0 Å². The molecule has 1 aliphatic carbocycles. The third kappa shape index (κ3) is 4.17. The molecule has 7 nitrogen and oxygen atoms in total. The molecule has 3 rings (SSSR count). The van der Waals surface area contributed by atoms with E-state index in [4.69, 9.17) is 4.98 Å². The number of hydrogen-bond acceptors (Lipinski definition) is 4. The molecule has 25 heavy (non-hydrogen) atoms. The molecule has 1 heterocycles. The molecule has 0 saturated heterocycles. The Bertz CT molecular complexity index is 779. The maximum atomic E-state index is 11.9. The van der Waals surface area contributed by atoms with E-state index in [0.717, 1.165) is 29.7 Å². The van der Waals surface area contributed by atoms with Crippen molar-refractivity contribution in [2.24, 2.45) is 0 Å². The van der Waals surface area contributed by atoms with Crippen molar-refractivity contribution in [2.45, 2.75) is 51.7 Å². The smallest absolute Gasteiger partial charge is 0.321 e. The summed E-state index contributed by atoms with van der Waals surface area (Å²) in [5.41, 5.74) is 2.02. The van der Waals surface area contributed by atoms with Gasteiger partial charge in [0.15, 0.2) is 0 Å². The zero-order valence-electron chi connectivity index (χ0n) is 14.9. The number of rotatable bonds is 6. The Morgan fingerprint density at radius 3 is 2.64 bits per heavy atom. The van der Waals surface area contributed by atoms with E-state index in [1.54, 1.807) is 0 Å². The van der Waals surface area contributed by atoms with Gasteiger partial charge < -0.3 is 9.88 Å². The van der Waals surface area contributed by atoms with Gasteiger partial charge >= 0.3 is 6.03 Å². The summed E-state index contributed by atoms with van der Waals surface area (Å²) in [7, 11) is 0. The molecule has 0 spiro atoms. The molecule has 0 aliphatic heterocycles. The Morgan fingerprint density at radius 2 is 1.96 bits per heavy atom. The van der Waals surface area contributed by atoms with E-state index in [-0.39, 0.29) is 30.6 Å². The van der Waals surface area contributed by atoms with E-state index in [1.165, 1.54) is 0 Å². The van der Waals surface area contributed by atoms with Crippen molar-refractivity contribution >= 4 is 23.0 Å². The Morgan fingerprint density at radius 1 is 1.24 bits per heavy atom. The number of para-hydroxylation sites is 2. The first-order valence-corrected chi connectivity index (χ1v) is 8.76. The number of carbonyl (C=O) groups excluding carboxylic acids is 2. The Labute approximate surface area is 147 Å². The summed E-state index contributed by atoms with van der Waals surface area (Å²) >= 11 is 0. The SMILES string of the molecule is CC(C)n1c([C@H](C)NCC(=O)NC(=O)NC2CC2)nc2ccccc21. The van der Waals surface area contributed by atoms with Crippen LogP contribution in [0.4, 0.5) is 4.79 Å². The monoisotopic (exact) mass is 343 g/mol. The third-order valence-electron chi connectivity index (χ3n) is 4.26. The number of imidazole rings is 1. The molecular weight excluding hydrogens is 318 g/mol. The van der Waals surface area contributed by atoms with Gasteiger partial charge in [0, 0.05) is 12.1 Å². The largest absolute Gasteiger partial charge is 0.335 e. The lowest BCUT2D eigenvalue weighted by molar-refractivity contribution is -0.119. The van der Waals surface area contributed by atoms with Gasteiger partial charge in [-0.1, -0.05) is 12.1 Å². The number of urea groups is 1. The highest BCUT2D eigenvalue weighted by atomic mass is 16.2. The second-order valence-electron chi connectivity index (χ2n) is 6.82. The number of nitrogens with one attached hydrogen (secondary N) is 3. The fourth-order valence-electron chi connectivity index (χ4n) is 2.87. The van der Waals surface area contributed by atoms with Gasteiger partial charge in [0.25, 0.3) is 0 Å². The molecule has 3 amide bonds. The fourth-order valence-corrected chi connectivity index (χ4v) is 2.87. The van der Waals surface area contributed by atoms with Gasteiger partial charge in [-0.2, -0.15) is 0 Å². The Hall–Kier alpha value is -2.41. The van der Waals surface area contributed by atoms with Crippen LogP contribution in [0.25, 0.3) is 11.0 Å². The first kappa shape index (κ1) is 17.4. The predicted octanol–water partition coefficient (Wildman–Crippen LogP) is 2.26. The molecule has 7 heteroatoms. The molecule has 0 unspecified atom stereocenters. The van der Waals surface area contributed by atoms with Crippen LogP contribution in [0.5, 0.6) is 0 Å². The summed E-state index contributed by atoms with van der Waals surface area (Å²) in [5.74, 6) is 0.531. The second kappa shape index (κ2) is 7.23. The quantitative estimate of drug-likeness (QED) is 0.751. The highest BCUT2D eigenvalue weighted by Gasteiger charge is 2.24. The van der Waals surface area contributed by atoms with Gasteiger partial charge in [-0.3, -0.25) is 15.4 Å². The molecule has 2 aromatic rings. The third-order valence-corrected chi connectivity index (χ3v) is 4.26. The molecule has 1 fully saturated rings. The highest BCUT2D eigenvalue weighted by Crippen LogP contribution is 2.24. The molecule has 0 radical (unpaired) electrons. The maximum Gasteiger partial charge on any atom is 0.321 e. The van der Waals surface area contributed by atoms with Gasteiger partial charge in [0.2, 0.25) is 5.91 Å². The van der Waals surface area contributed by atoms with Crippen molar-refractivity contribution in [3.05, 3.63) is 30.1 Å². The maximum absolute atomic E-state index is 11.9. The molecule has 0 bridgehead atoms. The summed E-state index contributed by atoms with van der Waals surface area (Å²) in [5, 5.41) is 8.23. The average Bonchev–Trinajstić information content (AvgIpc) is 3.27. The molecule has 1 aliphatic rings. The number of carbonyl (C=O) groups is 2. The van der Waals surface area contributed by atoms with E-state index in [2.05, 4.69) is 34.4 Å². The standard InChI is InChI=1S/C18H25N5O2/c1-11(2)23-15-7-5-4-6-14(15)21-17(23)12(3)19-10-16(24)22-18(25)20-13-8-9-13/h4-7,11-13,19H,8-10H2,1-3H3,(H2,20,22,24,25)/t12-/m0/s1. The Kier molecular flexibility index (Phi) is 5.03. The minimum Gasteiger partial charge on any atom is -0.335 e. The van der Waals surface area contributed by atoms with Crippen LogP contribution in [0.1, 0.15) is 51.5 Å².